The lowest BCUT2D eigenvalue weighted by molar-refractivity contribution is -0.264. The summed E-state index contributed by atoms with van der Waals surface area (Å²) in [5.41, 5.74) is -1.46. The molecule has 1 N–H and O–H groups in total. The molecule has 3 aliphatic rings. The zero-order valence-corrected chi connectivity index (χ0v) is 20.7. The van der Waals surface area contributed by atoms with Gasteiger partial charge in [0.05, 0.1) is 5.02 Å². The largest absolute Gasteiger partial charge is 0.457 e. The molecule has 6 nitrogen and oxygen atoms in total. The van der Waals surface area contributed by atoms with Gasteiger partial charge >= 0.3 is 11.9 Å². The second-order valence-corrected chi connectivity index (χ2v) is 10.7. The van der Waals surface area contributed by atoms with Crippen LogP contribution in [0.5, 0.6) is 0 Å². The van der Waals surface area contributed by atoms with E-state index < -0.39 is 47.8 Å². The van der Waals surface area contributed by atoms with Gasteiger partial charge in [0.1, 0.15) is 35.8 Å². The Labute approximate surface area is 204 Å². The zero-order chi connectivity index (χ0) is 24.8. The summed E-state index contributed by atoms with van der Waals surface area (Å²) >= 11 is 6.07. The first-order valence-corrected chi connectivity index (χ1v) is 12.2. The molecule has 2 heterocycles. The Morgan fingerprint density at radius 2 is 2.06 bits per heavy atom. The highest BCUT2D eigenvalue weighted by atomic mass is 35.5. The maximum absolute atomic E-state index is 14.1. The summed E-state index contributed by atoms with van der Waals surface area (Å²) in [6.45, 7) is 7.43. The second-order valence-electron chi connectivity index (χ2n) is 10.3. The maximum Gasteiger partial charge on any atom is 0.332 e. The number of fused-ring (bicyclic) bond motifs is 4. The highest BCUT2D eigenvalue weighted by molar-refractivity contribution is 6.32. The van der Waals surface area contributed by atoms with Crippen LogP contribution in [0.25, 0.3) is 6.08 Å². The quantitative estimate of drug-likeness (QED) is 0.461. The monoisotopic (exact) mass is 494 g/mol. The van der Waals surface area contributed by atoms with E-state index in [1.165, 1.54) is 24.3 Å². The van der Waals surface area contributed by atoms with Crippen LogP contribution >= 0.6 is 11.6 Å². The van der Waals surface area contributed by atoms with Gasteiger partial charge in [0.25, 0.3) is 0 Å². The number of esters is 2. The van der Waals surface area contributed by atoms with Gasteiger partial charge in [0.15, 0.2) is 0 Å². The van der Waals surface area contributed by atoms with Crippen molar-refractivity contribution in [2.45, 2.75) is 70.4 Å². The Kier molecular flexibility index (Phi) is 6.84. The van der Waals surface area contributed by atoms with Gasteiger partial charge in [-0.05, 0) is 55.7 Å². The third kappa shape index (κ3) is 4.06. The first-order valence-electron chi connectivity index (χ1n) is 11.9. The minimum atomic E-state index is -0.853. The van der Waals surface area contributed by atoms with E-state index in [4.69, 9.17) is 25.8 Å². The van der Waals surface area contributed by atoms with Gasteiger partial charge in [-0.15, -0.1) is 0 Å². The van der Waals surface area contributed by atoms with Crippen LogP contribution in [0.15, 0.2) is 24.3 Å². The molecule has 4 rings (SSSR count). The van der Waals surface area contributed by atoms with Gasteiger partial charge in [0, 0.05) is 24.0 Å². The highest BCUT2D eigenvalue weighted by Gasteiger charge is 2.72. The Bertz CT molecular complexity index is 975. The Hall–Kier alpha value is -1.96. The minimum Gasteiger partial charge on any atom is -0.457 e. The normalized spacial score (nSPS) is 36.6. The summed E-state index contributed by atoms with van der Waals surface area (Å²) in [5.74, 6) is -1.54. The lowest BCUT2D eigenvalue weighted by Gasteiger charge is -2.52. The SMILES string of the molecule is CC(C)C12C[C@@H](OC(=O)CO)[C@@](C)(O1)[C@@H]1CC[C@@H](C)[C@H]1[C@@H]2OC(=O)C=Cc1c(F)cccc1Cl. The van der Waals surface area contributed by atoms with Crippen LogP contribution in [-0.2, 0) is 23.8 Å². The Balaban J connectivity index is 1.66. The van der Waals surface area contributed by atoms with E-state index in [0.29, 0.717) is 6.42 Å². The summed E-state index contributed by atoms with van der Waals surface area (Å²) in [6.07, 6.45) is 3.58. The minimum absolute atomic E-state index is 0.0216. The molecule has 1 saturated carbocycles. The molecule has 0 amide bonds. The molecule has 0 spiro atoms. The molecule has 1 aromatic carbocycles. The van der Waals surface area contributed by atoms with Crippen LogP contribution in [0, 0.1) is 29.5 Å². The third-order valence-electron chi connectivity index (χ3n) is 8.18. The molecule has 1 aromatic rings. The van der Waals surface area contributed by atoms with Gasteiger partial charge in [-0.1, -0.05) is 38.4 Å². The van der Waals surface area contributed by atoms with Crippen molar-refractivity contribution in [1.82, 2.24) is 0 Å². The number of benzene rings is 1. The van der Waals surface area contributed by atoms with E-state index in [0.717, 1.165) is 12.8 Å². The first kappa shape index (κ1) is 25.1. The summed E-state index contributed by atoms with van der Waals surface area (Å²) in [4.78, 5) is 25.0. The molecule has 2 saturated heterocycles. The fourth-order valence-electron chi connectivity index (χ4n) is 6.43. The van der Waals surface area contributed by atoms with Crippen molar-refractivity contribution >= 4 is 29.6 Å². The molecule has 0 aromatic heterocycles. The summed E-state index contributed by atoms with van der Waals surface area (Å²) in [5, 5.41) is 9.46. The lowest BCUT2D eigenvalue weighted by Crippen LogP contribution is -2.62. The van der Waals surface area contributed by atoms with Crippen molar-refractivity contribution in [3.63, 3.8) is 0 Å². The van der Waals surface area contributed by atoms with Gasteiger partial charge in [-0.25, -0.2) is 14.0 Å². The van der Waals surface area contributed by atoms with Crippen LogP contribution in [0.2, 0.25) is 5.02 Å². The van der Waals surface area contributed by atoms with E-state index in [1.807, 2.05) is 20.8 Å². The molecule has 186 valence electrons. The summed E-state index contributed by atoms with van der Waals surface area (Å²) in [7, 11) is 0. The molecule has 7 atom stereocenters. The molecule has 34 heavy (non-hydrogen) atoms. The van der Waals surface area contributed by atoms with Crippen molar-refractivity contribution in [2.75, 3.05) is 6.61 Å². The van der Waals surface area contributed by atoms with Crippen LogP contribution in [0.1, 0.15) is 52.5 Å². The van der Waals surface area contributed by atoms with E-state index in [-0.39, 0.29) is 34.3 Å². The number of ether oxygens (including phenoxy) is 3. The smallest absolute Gasteiger partial charge is 0.332 e. The van der Waals surface area contributed by atoms with Crippen molar-refractivity contribution in [2.24, 2.45) is 23.7 Å². The van der Waals surface area contributed by atoms with Crippen LogP contribution in [0.3, 0.4) is 0 Å². The number of carbonyl (C=O) groups excluding carboxylic acids is 2. The Morgan fingerprint density at radius 3 is 2.71 bits per heavy atom. The molecule has 2 aliphatic heterocycles. The standard InChI is InChI=1S/C26H32ClFO6/c1-14(2)26-12-20(32-22(31)13-29)25(4,34-26)17-10-8-15(3)23(17)24(26)33-21(30)11-9-16-18(27)6-5-7-19(16)28/h5-7,9,11,14-15,17,20,23-24,29H,8,10,12-13H2,1-4H3/t15-,17-,20-,23-,24+,25+,26?/m1/s1. The number of hydrogen-bond donors (Lipinski definition) is 1. The zero-order valence-electron chi connectivity index (χ0n) is 19.9. The van der Waals surface area contributed by atoms with E-state index in [1.54, 1.807) is 6.07 Å². The fraction of sp³-hybridized carbons (Fsp3) is 0.615. The summed E-state index contributed by atoms with van der Waals surface area (Å²) < 4.78 is 32.6. The fourth-order valence-corrected chi connectivity index (χ4v) is 6.65. The predicted octanol–water partition coefficient (Wildman–Crippen LogP) is 4.56. The van der Waals surface area contributed by atoms with Crippen molar-refractivity contribution in [3.8, 4) is 0 Å². The number of hydrogen-bond acceptors (Lipinski definition) is 6. The third-order valence-corrected chi connectivity index (χ3v) is 8.51. The maximum atomic E-state index is 14.1. The van der Waals surface area contributed by atoms with E-state index in [2.05, 4.69) is 6.92 Å². The molecule has 0 radical (unpaired) electrons. The van der Waals surface area contributed by atoms with Crippen LogP contribution in [-0.4, -0.2) is 47.1 Å². The number of aliphatic hydroxyl groups is 1. The second kappa shape index (κ2) is 9.25. The first-order chi connectivity index (χ1) is 16.0. The van der Waals surface area contributed by atoms with Gasteiger partial charge in [-0.3, -0.25) is 0 Å². The predicted molar refractivity (Wildman–Crippen MR) is 124 cm³/mol. The van der Waals surface area contributed by atoms with Gasteiger partial charge < -0.3 is 19.3 Å². The van der Waals surface area contributed by atoms with Crippen molar-refractivity contribution < 1.29 is 33.3 Å². The van der Waals surface area contributed by atoms with E-state index in [9.17, 15) is 19.1 Å². The molecule has 1 unspecified atom stereocenters. The number of carbonyl (C=O) groups is 2. The van der Waals surface area contributed by atoms with Crippen molar-refractivity contribution in [3.05, 3.63) is 40.7 Å². The van der Waals surface area contributed by atoms with Crippen LogP contribution in [0.4, 0.5) is 4.39 Å². The number of halogens is 2. The molecule has 2 bridgehead atoms. The lowest BCUT2D eigenvalue weighted by atomic mass is 9.69. The van der Waals surface area contributed by atoms with Crippen LogP contribution < -0.4 is 0 Å². The molecular formula is C26H32ClFO6. The molecule has 8 heteroatoms. The van der Waals surface area contributed by atoms with Crippen molar-refractivity contribution in [1.29, 1.82) is 0 Å². The average Bonchev–Trinajstić information content (AvgIpc) is 3.29. The molecule has 1 aliphatic carbocycles. The Morgan fingerprint density at radius 1 is 1.32 bits per heavy atom. The topological polar surface area (TPSA) is 82.1 Å². The highest BCUT2D eigenvalue weighted by Crippen LogP contribution is 2.63. The number of rotatable bonds is 6. The average molecular weight is 495 g/mol. The van der Waals surface area contributed by atoms with E-state index >= 15 is 0 Å². The van der Waals surface area contributed by atoms with Gasteiger partial charge in [-0.2, -0.15) is 0 Å². The molecular weight excluding hydrogens is 463 g/mol. The summed E-state index contributed by atoms with van der Waals surface area (Å²) in [6, 6.07) is 4.33. The van der Waals surface area contributed by atoms with Gasteiger partial charge in [0.2, 0.25) is 0 Å². The molecule has 3 fully saturated rings. The number of aliphatic hydroxyl groups excluding tert-OH is 1.